The molecular formula is C16H22N2O4. The molecule has 4 amide bonds. The Labute approximate surface area is 130 Å². The molecule has 0 aromatic heterocycles. The summed E-state index contributed by atoms with van der Waals surface area (Å²) in [6, 6.07) is 0. The van der Waals surface area contributed by atoms with E-state index in [9.17, 15) is 19.2 Å². The molecule has 0 N–H and O–H groups in total. The van der Waals surface area contributed by atoms with Crippen LogP contribution in [0.1, 0.15) is 39.5 Å². The van der Waals surface area contributed by atoms with E-state index in [4.69, 9.17) is 0 Å². The van der Waals surface area contributed by atoms with E-state index in [1.807, 2.05) is 13.8 Å². The van der Waals surface area contributed by atoms with Crippen molar-refractivity contribution in [3.8, 4) is 0 Å². The van der Waals surface area contributed by atoms with Gasteiger partial charge in [-0.3, -0.25) is 29.0 Å². The lowest BCUT2D eigenvalue weighted by molar-refractivity contribution is -0.138. The molecule has 0 unspecified atom stereocenters. The SMILES string of the molecule is CCCCN1C(=O)C=CC1=O.CCCCN1C(=O)C=CC1=O. The van der Waals surface area contributed by atoms with Gasteiger partial charge in [-0.1, -0.05) is 26.7 Å². The molecule has 0 radical (unpaired) electrons. The van der Waals surface area contributed by atoms with Gasteiger partial charge < -0.3 is 0 Å². The predicted molar refractivity (Wildman–Crippen MR) is 81.5 cm³/mol. The average Bonchev–Trinajstić information content (AvgIpc) is 2.99. The maximum absolute atomic E-state index is 10.9. The smallest absolute Gasteiger partial charge is 0.253 e. The Morgan fingerprint density at radius 1 is 0.636 bits per heavy atom. The van der Waals surface area contributed by atoms with Crippen LogP contribution in [0, 0.1) is 0 Å². The van der Waals surface area contributed by atoms with Gasteiger partial charge in [-0.05, 0) is 12.8 Å². The van der Waals surface area contributed by atoms with Crippen LogP contribution >= 0.6 is 0 Å². The second-order valence-corrected chi connectivity index (χ2v) is 5.03. The van der Waals surface area contributed by atoms with E-state index in [2.05, 4.69) is 0 Å². The number of amides is 4. The molecule has 2 aliphatic rings. The van der Waals surface area contributed by atoms with Crippen molar-refractivity contribution in [2.75, 3.05) is 13.1 Å². The highest BCUT2D eigenvalue weighted by Gasteiger charge is 2.22. The van der Waals surface area contributed by atoms with Crippen LogP contribution in [0.2, 0.25) is 0 Å². The molecule has 2 aliphatic heterocycles. The van der Waals surface area contributed by atoms with Crippen molar-refractivity contribution in [2.45, 2.75) is 39.5 Å². The molecule has 2 heterocycles. The number of rotatable bonds is 6. The first-order chi connectivity index (χ1) is 10.5. The van der Waals surface area contributed by atoms with Crippen molar-refractivity contribution in [1.29, 1.82) is 0 Å². The Morgan fingerprint density at radius 3 is 1.14 bits per heavy atom. The minimum Gasteiger partial charge on any atom is -0.275 e. The van der Waals surface area contributed by atoms with Crippen LogP contribution in [0.25, 0.3) is 0 Å². The molecule has 120 valence electrons. The third-order valence-electron chi connectivity index (χ3n) is 3.27. The van der Waals surface area contributed by atoms with Crippen LogP contribution in [0.5, 0.6) is 0 Å². The first-order valence-corrected chi connectivity index (χ1v) is 7.58. The van der Waals surface area contributed by atoms with Crippen LogP contribution in [0.3, 0.4) is 0 Å². The largest absolute Gasteiger partial charge is 0.275 e. The quantitative estimate of drug-likeness (QED) is 0.696. The lowest BCUT2D eigenvalue weighted by atomic mass is 10.3. The monoisotopic (exact) mass is 306 g/mol. The fourth-order valence-electron chi connectivity index (χ4n) is 1.94. The third-order valence-corrected chi connectivity index (χ3v) is 3.27. The lowest BCUT2D eigenvalue weighted by Gasteiger charge is -2.11. The molecule has 0 fully saturated rings. The van der Waals surface area contributed by atoms with Gasteiger partial charge in [0.1, 0.15) is 0 Å². The van der Waals surface area contributed by atoms with Gasteiger partial charge in [0.05, 0.1) is 0 Å². The fraction of sp³-hybridized carbons (Fsp3) is 0.500. The van der Waals surface area contributed by atoms with Crippen molar-refractivity contribution in [3.05, 3.63) is 24.3 Å². The van der Waals surface area contributed by atoms with Crippen LogP contribution in [0.4, 0.5) is 0 Å². The van der Waals surface area contributed by atoms with Crippen molar-refractivity contribution >= 4 is 23.6 Å². The summed E-state index contributed by atoms with van der Waals surface area (Å²) in [4.78, 5) is 46.2. The van der Waals surface area contributed by atoms with E-state index in [-0.39, 0.29) is 23.6 Å². The zero-order valence-corrected chi connectivity index (χ0v) is 13.1. The minimum absolute atomic E-state index is 0.177. The van der Waals surface area contributed by atoms with Gasteiger partial charge >= 0.3 is 0 Å². The van der Waals surface area contributed by atoms with E-state index in [0.29, 0.717) is 13.1 Å². The van der Waals surface area contributed by atoms with Crippen molar-refractivity contribution in [3.63, 3.8) is 0 Å². The van der Waals surface area contributed by atoms with E-state index in [1.54, 1.807) is 0 Å². The number of carbonyl (C=O) groups excluding carboxylic acids is 4. The van der Waals surface area contributed by atoms with Gasteiger partial charge in [0, 0.05) is 37.4 Å². The Balaban J connectivity index is 0.000000220. The summed E-state index contributed by atoms with van der Waals surface area (Å²) in [5.74, 6) is -0.709. The van der Waals surface area contributed by atoms with Gasteiger partial charge in [0.25, 0.3) is 23.6 Å². The molecule has 0 bridgehead atoms. The number of hydrogen-bond acceptors (Lipinski definition) is 4. The zero-order chi connectivity index (χ0) is 16.5. The highest BCUT2D eigenvalue weighted by molar-refractivity contribution is 6.13. The van der Waals surface area contributed by atoms with Crippen LogP contribution in [0.15, 0.2) is 24.3 Å². The number of hydrogen-bond donors (Lipinski definition) is 0. The highest BCUT2D eigenvalue weighted by atomic mass is 16.2. The summed E-state index contributed by atoms with van der Waals surface area (Å²) in [6.45, 7) is 5.17. The van der Waals surface area contributed by atoms with E-state index >= 15 is 0 Å². The first kappa shape index (κ1) is 17.8. The van der Waals surface area contributed by atoms with E-state index < -0.39 is 0 Å². The molecular weight excluding hydrogens is 284 g/mol. The Morgan fingerprint density at radius 2 is 0.909 bits per heavy atom. The average molecular weight is 306 g/mol. The molecule has 22 heavy (non-hydrogen) atoms. The van der Waals surface area contributed by atoms with Crippen molar-refractivity contribution in [2.24, 2.45) is 0 Å². The molecule has 6 nitrogen and oxygen atoms in total. The second kappa shape index (κ2) is 8.92. The number of nitrogens with zero attached hydrogens (tertiary/aromatic N) is 2. The number of unbranched alkanes of at least 4 members (excludes halogenated alkanes) is 2. The number of imide groups is 2. The molecule has 6 heteroatoms. The fourth-order valence-corrected chi connectivity index (χ4v) is 1.94. The van der Waals surface area contributed by atoms with Crippen molar-refractivity contribution in [1.82, 2.24) is 9.80 Å². The maximum atomic E-state index is 10.9. The summed E-state index contributed by atoms with van der Waals surface area (Å²) in [5.41, 5.74) is 0. The summed E-state index contributed by atoms with van der Waals surface area (Å²) in [7, 11) is 0. The molecule has 2 rings (SSSR count). The molecule has 0 spiro atoms. The Kier molecular flexibility index (Phi) is 7.22. The maximum Gasteiger partial charge on any atom is 0.253 e. The molecule has 0 saturated heterocycles. The highest BCUT2D eigenvalue weighted by Crippen LogP contribution is 2.05. The molecule has 0 aromatic rings. The summed E-state index contributed by atoms with van der Waals surface area (Å²) in [5, 5.41) is 0. The van der Waals surface area contributed by atoms with Gasteiger partial charge in [-0.2, -0.15) is 0 Å². The predicted octanol–water partition coefficient (Wildman–Crippen LogP) is 1.42. The number of carbonyl (C=O) groups is 4. The first-order valence-electron chi connectivity index (χ1n) is 7.58. The van der Waals surface area contributed by atoms with Gasteiger partial charge in [0.2, 0.25) is 0 Å². The molecule has 0 aliphatic carbocycles. The molecule has 0 atom stereocenters. The second-order valence-electron chi connectivity index (χ2n) is 5.03. The van der Waals surface area contributed by atoms with Gasteiger partial charge in [-0.15, -0.1) is 0 Å². The van der Waals surface area contributed by atoms with Crippen LogP contribution in [-0.4, -0.2) is 46.5 Å². The third kappa shape index (κ3) is 4.95. The summed E-state index contributed by atoms with van der Waals surface area (Å²) < 4.78 is 0. The van der Waals surface area contributed by atoms with Crippen LogP contribution < -0.4 is 0 Å². The van der Waals surface area contributed by atoms with Gasteiger partial charge in [-0.25, -0.2) is 0 Å². The lowest BCUT2D eigenvalue weighted by Crippen LogP contribution is -2.30. The van der Waals surface area contributed by atoms with E-state index in [1.165, 1.54) is 34.1 Å². The molecule has 0 saturated carbocycles. The Hall–Kier alpha value is -2.24. The Bertz CT molecular complexity index is 426. The molecule has 0 aromatic carbocycles. The minimum atomic E-state index is -0.177. The topological polar surface area (TPSA) is 74.8 Å². The summed E-state index contributed by atoms with van der Waals surface area (Å²) >= 11 is 0. The summed E-state index contributed by atoms with van der Waals surface area (Å²) in [6.07, 6.45) is 9.04. The standard InChI is InChI=1S/2C8H11NO2/c2*1-2-3-6-9-7(10)4-5-8(9)11/h2*4-5H,2-3,6H2,1H3. The van der Waals surface area contributed by atoms with Gasteiger partial charge in [0.15, 0.2) is 0 Å². The van der Waals surface area contributed by atoms with Crippen LogP contribution in [-0.2, 0) is 19.2 Å². The van der Waals surface area contributed by atoms with Crippen molar-refractivity contribution < 1.29 is 19.2 Å². The zero-order valence-electron chi connectivity index (χ0n) is 13.1. The van der Waals surface area contributed by atoms with E-state index in [0.717, 1.165) is 25.7 Å². The normalized spacial score (nSPS) is 16.6.